The van der Waals surface area contributed by atoms with Gasteiger partial charge in [-0.1, -0.05) is 18.5 Å². The number of halogens is 2. The number of piperidine rings is 1. The molecule has 1 atom stereocenters. The van der Waals surface area contributed by atoms with E-state index in [9.17, 15) is 4.79 Å². The maximum atomic E-state index is 12.2. The molecule has 1 aromatic carbocycles. The van der Waals surface area contributed by atoms with E-state index in [1.807, 2.05) is 6.07 Å². The van der Waals surface area contributed by atoms with E-state index in [2.05, 4.69) is 40.1 Å². The summed E-state index contributed by atoms with van der Waals surface area (Å²) in [4.78, 5) is 12.2. The van der Waals surface area contributed by atoms with Gasteiger partial charge in [0.1, 0.15) is 0 Å². The Labute approximate surface area is 132 Å². The summed E-state index contributed by atoms with van der Waals surface area (Å²) in [5.74, 6) is -0.0429. The lowest BCUT2D eigenvalue weighted by Gasteiger charge is -2.34. The number of carbonyl (C=O) groups is 1. The molecule has 1 aliphatic heterocycles. The van der Waals surface area contributed by atoms with Gasteiger partial charge < -0.3 is 10.6 Å². The molecule has 1 unspecified atom stereocenters. The molecule has 2 rings (SSSR count). The van der Waals surface area contributed by atoms with Gasteiger partial charge in [-0.2, -0.15) is 0 Å². The molecule has 1 amide bonds. The van der Waals surface area contributed by atoms with Gasteiger partial charge in [0.25, 0.3) is 5.91 Å². The van der Waals surface area contributed by atoms with E-state index >= 15 is 0 Å². The number of nitrogens with one attached hydrogen (secondary N) is 2. The second-order valence-corrected chi connectivity index (χ2v) is 7.00. The van der Waals surface area contributed by atoms with Crippen LogP contribution in [0.25, 0.3) is 0 Å². The Morgan fingerprint density at radius 3 is 3.05 bits per heavy atom. The minimum atomic E-state index is -0.0429. The van der Waals surface area contributed by atoms with Crippen molar-refractivity contribution in [3.8, 4) is 0 Å². The fourth-order valence-electron chi connectivity index (χ4n) is 2.33. The molecule has 0 aromatic heterocycles. The molecule has 3 nitrogen and oxygen atoms in total. The van der Waals surface area contributed by atoms with Crippen molar-refractivity contribution in [2.45, 2.75) is 19.8 Å². The predicted molar refractivity (Wildman–Crippen MR) is 86.7 cm³/mol. The van der Waals surface area contributed by atoms with E-state index in [-0.39, 0.29) is 11.3 Å². The van der Waals surface area contributed by atoms with Crippen LogP contribution >= 0.6 is 34.2 Å². The zero-order valence-corrected chi connectivity index (χ0v) is 13.8. The molecular formula is C14H18ClIN2O. The normalized spacial score (nSPS) is 23.1. The van der Waals surface area contributed by atoms with Gasteiger partial charge in [-0.15, -0.1) is 0 Å². The van der Waals surface area contributed by atoms with Crippen LogP contribution in [0.1, 0.15) is 30.1 Å². The lowest BCUT2D eigenvalue weighted by atomic mass is 9.83. The lowest BCUT2D eigenvalue weighted by Crippen LogP contribution is -2.45. The standard InChI is InChI=1S/C14H18ClIN2O/c1-14(5-2-6-17-8-14)9-18-13(19)11-7-10(15)3-4-12(11)16/h3-4,7,17H,2,5-6,8-9H2,1H3,(H,18,19). The van der Waals surface area contributed by atoms with Crippen molar-refractivity contribution in [2.75, 3.05) is 19.6 Å². The van der Waals surface area contributed by atoms with Crippen LogP contribution in [-0.4, -0.2) is 25.5 Å². The van der Waals surface area contributed by atoms with Gasteiger partial charge in [0.2, 0.25) is 0 Å². The molecule has 2 N–H and O–H groups in total. The molecule has 104 valence electrons. The maximum absolute atomic E-state index is 12.2. The molecule has 0 saturated carbocycles. The fourth-order valence-corrected chi connectivity index (χ4v) is 3.08. The van der Waals surface area contributed by atoms with Gasteiger partial charge in [-0.05, 0) is 65.6 Å². The smallest absolute Gasteiger partial charge is 0.252 e. The molecule has 1 saturated heterocycles. The van der Waals surface area contributed by atoms with E-state index in [4.69, 9.17) is 11.6 Å². The Morgan fingerprint density at radius 1 is 1.58 bits per heavy atom. The van der Waals surface area contributed by atoms with E-state index in [1.54, 1.807) is 12.1 Å². The third-order valence-corrected chi connectivity index (χ3v) is 4.71. The second kappa shape index (κ2) is 6.41. The second-order valence-electron chi connectivity index (χ2n) is 5.40. The van der Waals surface area contributed by atoms with Crippen molar-refractivity contribution in [2.24, 2.45) is 5.41 Å². The highest BCUT2D eigenvalue weighted by Crippen LogP contribution is 2.24. The summed E-state index contributed by atoms with van der Waals surface area (Å²) in [6.07, 6.45) is 2.31. The molecule has 1 fully saturated rings. The van der Waals surface area contributed by atoms with Crippen LogP contribution in [0.15, 0.2) is 18.2 Å². The maximum Gasteiger partial charge on any atom is 0.252 e. The summed E-state index contributed by atoms with van der Waals surface area (Å²) < 4.78 is 0.923. The van der Waals surface area contributed by atoms with Crippen LogP contribution in [0.2, 0.25) is 5.02 Å². The minimum absolute atomic E-state index is 0.0429. The van der Waals surface area contributed by atoms with Crippen molar-refractivity contribution >= 4 is 40.1 Å². The van der Waals surface area contributed by atoms with Crippen molar-refractivity contribution in [1.29, 1.82) is 0 Å². The first kappa shape index (κ1) is 15.1. The summed E-state index contributed by atoms with van der Waals surface area (Å²) in [6, 6.07) is 5.38. The number of amides is 1. The lowest BCUT2D eigenvalue weighted by molar-refractivity contribution is 0.0924. The van der Waals surface area contributed by atoms with Gasteiger partial charge in [0.05, 0.1) is 5.56 Å². The number of hydrogen-bond acceptors (Lipinski definition) is 2. The highest BCUT2D eigenvalue weighted by molar-refractivity contribution is 14.1. The van der Waals surface area contributed by atoms with Crippen molar-refractivity contribution in [1.82, 2.24) is 10.6 Å². The Hall–Kier alpha value is -0.330. The fraction of sp³-hybridized carbons (Fsp3) is 0.500. The number of carbonyl (C=O) groups excluding carboxylic acids is 1. The molecule has 5 heteroatoms. The van der Waals surface area contributed by atoms with Crippen LogP contribution < -0.4 is 10.6 Å². The summed E-state index contributed by atoms with van der Waals surface area (Å²) in [5.41, 5.74) is 0.804. The molecule has 0 radical (unpaired) electrons. The first-order chi connectivity index (χ1) is 9.00. The Morgan fingerprint density at radius 2 is 2.37 bits per heavy atom. The topological polar surface area (TPSA) is 41.1 Å². The van der Waals surface area contributed by atoms with Crippen LogP contribution in [0.4, 0.5) is 0 Å². The molecule has 0 spiro atoms. The van der Waals surface area contributed by atoms with Gasteiger partial charge >= 0.3 is 0 Å². The highest BCUT2D eigenvalue weighted by atomic mass is 127. The third-order valence-electron chi connectivity index (χ3n) is 3.53. The van der Waals surface area contributed by atoms with E-state index in [1.165, 1.54) is 6.42 Å². The molecule has 0 aliphatic carbocycles. The Balaban J connectivity index is 1.99. The first-order valence-corrected chi connectivity index (χ1v) is 7.90. The van der Waals surface area contributed by atoms with E-state index in [0.717, 1.165) is 23.1 Å². The summed E-state index contributed by atoms with van der Waals surface area (Å²) in [7, 11) is 0. The Bertz CT molecular complexity index is 473. The number of benzene rings is 1. The Kier molecular flexibility index (Phi) is 5.09. The highest BCUT2D eigenvalue weighted by Gasteiger charge is 2.27. The average Bonchev–Trinajstić information content (AvgIpc) is 2.40. The van der Waals surface area contributed by atoms with Crippen molar-refractivity contribution in [3.05, 3.63) is 32.4 Å². The minimum Gasteiger partial charge on any atom is -0.351 e. The first-order valence-electron chi connectivity index (χ1n) is 6.44. The zero-order valence-electron chi connectivity index (χ0n) is 10.9. The van der Waals surface area contributed by atoms with Crippen LogP contribution in [-0.2, 0) is 0 Å². The predicted octanol–water partition coefficient (Wildman–Crippen LogP) is 3.06. The van der Waals surface area contributed by atoms with E-state index in [0.29, 0.717) is 17.1 Å². The quantitative estimate of drug-likeness (QED) is 0.776. The monoisotopic (exact) mass is 392 g/mol. The largest absolute Gasteiger partial charge is 0.351 e. The number of hydrogen-bond donors (Lipinski definition) is 2. The van der Waals surface area contributed by atoms with Crippen LogP contribution in [0.5, 0.6) is 0 Å². The van der Waals surface area contributed by atoms with Gasteiger partial charge in [0, 0.05) is 21.7 Å². The molecule has 19 heavy (non-hydrogen) atoms. The van der Waals surface area contributed by atoms with E-state index < -0.39 is 0 Å². The van der Waals surface area contributed by atoms with Crippen LogP contribution in [0.3, 0.4) is 0 Å². The average molecular weight is 393 g/mol. The molecule has 0 bridgehead atoms. The molecule has 1 heterocycles. The van der Waals surface area contributed by atoms with Gasteiger partial charge in [-0.3, -0.25) is 4.79 Å². The summed E-state index contributed by atoms with van der Waals surface area (Å²) in [5, 5.41) is 7.01. The third kappa shape index (κ3) is 4.07. The van der Waals surface area contributed by atoms with Crippen LogP contribution in [0, 0.1) is 8.99 Å². The number of rotatable bonds is 3. The van der Waals surface area contributed by atoms with Gasteiger partial charge in [-0.25, -0.2) is 0 Å². The van der Waals surface area contributed by atoms with Gasteiger partial charge in [0.15, 0.2) is 0 Å². The molecule has 1 aliphatic rings. The zero-order chi connectivity index (χ0) is 13.9. The summed E-state index contributed by atoms with van der Waals surface area (Å²) >= 11 is 8.10. The summed E-state index contributed by atoms with van der Waals surface area (Å²) in [6.45, 7) is 4.94. The van der Waals surface area contributed by atoms with Crippen molar-refractivity contribution < 1.29 is 4.79 Å². The SMILES string of the molecule is CC1(CNC(=O)c2cc(Cl)ccc2I)CCCNC1. The molecular weight excluding hydrogens is 375 g/mol. The molecule has 1 aromatic rings. The van der Waals surface area contributed by atoms with Crippen molar-refractivity contribution in [3.63, 3.8) is 0 Å².